The molecule has 1 aliphatic heterocycles. The van der Waals surface area contributed by atoms with Gasteiger partial charge >= 0.3 is 7.12 Å². The van der Waals surface area contributed by atoms with Gasteiger partial charge in [0.05, 0.1) is 11.2 Å². The van der Waals surface area contributed by atoms with Gasteiger partial charge in [-0.2, -0.15) is 0 Å². The lowest BCUT2D eigenvalue weighted by atomic mass is 9.72. The molecule has 1 fully saturated rings. The Balaban J connectivity index is 1.62. The van der Waals surface area contributed by atoms with Crippen molar-refractivity contribution in [3.05, 3.63) is 90.5 Å². The first kappa shape index (κ1) is 22.9. The Hall–Kier alpha value is -3.54. The van der Waals surface area contributed by atoms with Crippen LogP contribution in [0.5, 0.6) is 0 Å². The van der Waals surface area contributed by atoms with Crippen molar-refractivity contribution in [1.29, 1.82) is 0 Å². The third-order valence-electron chi connectivity index (χ3n) is 7.69. The van der Waals surface area contributed by atoms with Crippen LogP contribution in [0.1, 0.15) is 33.3 Å². The Morgan fingerprint density at radius 3 is 2.11 bits per heavy atom. The van der Waals surface area contributed by atoms with E-state index in [0.29, 0.717) is 0 Å². The first-order chi connectivity index (χ1) is 17.2. The Labute approximate surface area is 212 Å². The van der Waals surface area contributed by atoms with E-state index in [1.807, 2.05) is 36.4 Å². The SMILES string of the molecule is Cc1c(-c2ccccc2Nc2ccccc2)c(B2OC(C)(C)C(C)(C)O2)cc2c1oc1ccccc12. The van der Waals surface area contributed by atoms with Crippen LogP contribution >= 0.6 is 0 Å². The maximum absolute atomic E-state index is 6.59. The molecule has 1 aliphatic rings. The molecule has 1 N–H and O–H groups in total. The zero-order valence-electron chi connectivity index (χ0n) is 21.4. The maximum Gasteiger partial charge on any atom is 0.495 e. The fraction of sp³-hybridized carbons (Fsp3) is 0.226. The van der Waals surface area contributed by atoms with Crippen LogP contribution in [0.4, 0.5) is 11.4 Å². The summed E-state index contributed by atoms with van der Waals surface area (Å²) in [6.45, 7) is 10.5. The summed E-state index contributed by atoms with van der Waals surface area (Å²) in [6, 6.07) is 29.0. The van der Waals surface area contributed by atoms with Crippen LogP contribution in [0.2, 0.25) is 0 Å². The predicted octanol–water partition coefficient (Wildman–Crippen LogP) is 7.60. The molecule has 1 aromatic heterocycles. The van der Waals surface area contributed by atoms with Crippen LogP contribution in [0, 0.1) is 6.92 Å². The van der Waals surface area contributed by atoms with Crippen molar-refractivity contribution in [2.24, 2.45) is 0 Å². The summed E-state index contributed by atoms with van der Waals surface area (Å²) in [5.41, 5.74) is 7.14. The molecule has 6 rings (SSSR count). The van der Waals surface area contributed by atoms with Gasteiger partial charge in [0.1, 0.15) is 11.2 Å². The molecule has 4 nitrogen and oxygen atoms in total. The summed E-state index contributed by atoms with van der Waals surface area (Å²) >= 11 is 0. The maximum atomic E-state index is 6.59. The van der Waals surface area contributed by atoms with E-state index in [-0.39, 0.29) is 0 Å². The van der Waals surface area contributed by atoms with Gasteiger partial charge in [0, 0.05) is 27.7 Å². The normalized spacial score (nSPS) is 16.6. The van der Waals surface area contributed by atoms with Gasteiger partial charge in [-0.3, -0.25) is 0 Å². The third-order valence-corrected chi connectivity index (χ3v) is 7.69. The Bertz CT molecular complexity index is 1570. The highest BCUT2D eigenvalue weighted by Gasteiger charge is 2.52. The van der Waals surface area contributed by atoms with Crippen LogP contribution in [0.25, 0.3) is 33.1 Å². The van der Waals surface area contributed by atoms with Crippen molar-refractivity contribution in [3.63, 3.8) is 0 Å². The number of furan rings is 1. The number of hydrogen-bond donors (Lipinski definition) is 1. The van der Waals surface area contributed by atoms with Crippen molar-refractivity contribution in [3.8, 4) is 11.1 Å². The summed E-state index contributed by atoms with van der Waals surface area (Å²) in [5, 5.41) is 5.78. The van der Waals surface area contributed by atoms with Gasteiger partial charge in [-0.05, 0) is 75.5 Å². The number of aryl methyl sites for hydroxylation is 1. The molecular weight excluding hydrogens is 445 g/mol. The van der Waals surface area contributed by atoms with Crippen molar-refractivity contribution in [2.45, 2.75) is 45.8 Å². The molecule has 0 radical (unpaired) electrons. The van der Waals surface area contributed by atoms with E-state index in [2.05, 4.69) is 88.5 Å². The quantitative estimate of drug-likeness (QED) is 0.272. The third kappa shape index (κ3) is 3.62. The lowest BCUT2D eigenvalue weighted by Gasteiger charge is -2.32. The number of hydrogen-bond acceptors (Lipinski definition) is 4. The first-order valence-electron chi connectivity index (χ1n) is 12.5. The molecule has 1 saturated heterocycles. The van der Waals surface area contributed by atoms with E-state index in [0.717, 1.165) is 55.5 Å². The van der Waals surface area contributed by atoms with Gasteiger partial charge in [0.15, 0.2) is 0 Å². The van der Waals surface area contributed by atoms with E-state index < -0.39 is 18.3 Å². The van der Waals surface area contributed by atoms with Gasteiger partial charge in [0.25, 0.3) is 0 Å². The second-order valence-electron chi connectivity index (χ2n) is 10.6. The zero-order chi connectivity index (χ0) is 25.1. The number of anilines is 2. The van der Waals surface area contributed by atoms with Gasteiger partial charge in [-0.1, -0.05) is 60.7 Å². The fourth-order valence-corrected chi connectivity index (χ4v) is 5.05. The van der Waals surface area contributed by atoms with E-state index >= 15 is 0 Å². The number of rotatable bonds is 4. The van der Waals surface area contributed by atoms with E-state index in [1.54, 1.807) is 0 Å². The first-order valence-corrected chi connectivity index (χ1v) is 12.5. The summed E-state index contributed by atoms with van der Waals surface area (Å²) < 4.78 is 19.6. The van der Waals surface area contributed by atoms with Crippen molar-refractivity contribution in [1.82, 2.24) is 0 Å². The monoisotopic (exact) mass is 475 g/mol. The topological polar surface area (TPSA) is 43.6 Å². The summed E-state index contributed by atoms with van der Waals surface area (Å²) in [5.74, 6) is 0. The highest BCUT2D eigenvalue weighted by Crippen LogP contribution is 2.41. The second-order valence-corrected chi connectivity index (χ2v) is 10.6. The predicted molar refractivity (Wildman–Crippen MR) is 149 cm³/mol. The molecule has 2 heterocycles. The standard InChI is InChI=1S/C31H30BNO3/c1-20-28(23-16-9-11-17-26(23)33-21-13-7-6-8-14-21)25(32-35-30(2,3)31(4,5)36-32)19-24-22-15-10-12-18-27(22)34-29(20)24/h6-19,33H,1-5H3. The summed E-state index contributed by atoms with van der Waals surface area (Å²) in [7, 11) is -0.508. The highest BCUT2D eigenvalue weighted by molar-refractivity contribution is 6.64. The molecular formula is C31H30BNO3. The van der Waals surface area contributed by atoms with Gasteiger partial charge < -0.3 is 19.0 Å². The molecule has 0 atom stereocenters. The van der Waals surface area contributed by atoms with Gasteiger partial charge in [-0.15, -0.1) is 0 Å². The smallest absolute Gasteiger partial charge is 0.456 e. The number of nitrogens with one attached hydrogen (secondary N) is 1. The molecule has 4 aromatic carbocycles. The van der Waals surface area contributed by atoms with Crippen LogP contribution in [0.3, 0.4) is 0 Å². The van der Waals surface area contributed by atoms with Crippen molar-refractivity contribution < 1.29 is 13.7 Å². The molecule has 36 heavy (non-hydrogen) atoms. The number of benzene rings is 4. The van der Waals surface area contributed by atoms with Gasteiger partial charge in [-0.25, -0.2) is 0 Å². The fourth-order valence-electron chi connectivity index (χ4n) is 5.05. The number of para-hydroxylation sites is 3. The molecule has 0 saturated carbocycles. The Kier molecular flexibility index (Phi) is 5.25. The molecule has 5 aromatic rings. The van der Waals surface area contributed by atoms with E-state index in [4.69, 9.17) is 13.7 Å². The lowest BCUT2D eigenvalue weighted by molar-refractivity contribution is 0.00578. The molecule has 180 valence electrons. The summed E-state index contributed by atoms with van der Waals surface area (Å²) in [6.07, 6.45) is 0. The molecule has 0 spiro atoms. The van der Waals surface area contributed by atoms with E-state index in [9.17, 15) is 0 Å². The van der Waals surface area contributed by atoms with Gasteiger partial charge in [0.2, 0.25) is 0 Å². The van der Waals surface area contributed by atoms with Crippen molar-refractivity contribution >= 4 is 45.9 Å². The Morgan fingerprint density at radius 1 is 0.722 bits per heavy atom. The Morgan fingerprint density at radius 2 is 1.36 bits per heavy atom. The van der Waals surface area contributed by atoms with Crippen LogP contribution in [0.15, 0.2) is 89.3 Å². The molecule has 0 bridgehead atoms. The zero-order valence-corrected chi connectivity index (χ0v) is 21.4. The number of fused-ring (bicyclic) bond motifs is 3. The largest absolute Gasteiger partial charge is 0.495 e. The average molecular weight is 475 g/mol. The second kappa shape index (κ2) is 8.26. The molecule has 0 unspecified atom stereocenters. The minimum Gasteiger partial charge on any atom is -0.456 e. The van der Waals surface area contributed by atoms with Crippen LogP contribution in [-0.4, -0.2) is 18.3 Å². The van der Waals surface area contributed by atoms with Crippen molar-refractivity contribution in [2.75, 3.05) is 5.32 Å². The molecule has 5 heteroatoms. The average Bonchev–Trinajstić information content (AvgIpc) is 3.34. The highest BCUT2D eigenvalue weighted by atomic mass is 16.7. The minimum absolute atomic E-state index is 0.446. The molecule has 0 aliphatic carbocycles. The molecule has 0 amide bonds. The minimum atomic E-state index is -0.508. The lowest BCUT2D eigenvalue weighted by Crippen LogP contribution is -2.41. The van der Waals surface area contributed by atoms with E-state index in [1.165, 1.54) is 0 Å². The van der Waals surface area contributed by atoms with Crippen LogP contribution in [-0.2, 0) is 9.31 Å². The van der Waals surface area contributed by atoms with Crippen LogP contribution < -0.4 is 10.8 Å². The summed E-state index contributed by atoms with van der Waals surface area (Å²) in [4.78, 5) is 0.